The number of nitrogens with one attached hydrogen (secondary N) is 1. The summed E-state index contributed by atoms with van der Waals surface area (Å²) in [6.45, 7) is 0. The van der Waals surface area contributed by atoms with Crippen LogP contribution in [0.2, 0.25) is 0 Å². The molecule has 0 saturated heterocycles. The SMILES string of the molecule is Nc1ccc(Sc2cc(=O)[nH]cn2)cc1. The fourth-order valence-corrected chi connectivity index (χ4v) is 1.85. The van der Waals surface area contributed by atoms with Gasteiger partial charge in [-0.05, 0) is 24.3 Å². The molecule has 2 rings (SSSR count). The number of aromatic nitrogens is 2. The van der Waals surface area contributed by atoms with Crippen LogP contribution in [-0.2, 0) is 0 Å². The summed E-state index contributed by atoms with van der Waals surface area (Å²) >= 11 is 1.42. The molecule has 1 aromatic heterocycles. The molecule has 1 heterocycles. The fourth-order valence-electron chi connectivity index (χ4n) is 1.06. The predicted octanol–water partition coefficient (Wildman–Crippen LogP) is 1.50. The number of nitrogen functional groups attached to an aromatic ring is 1. The molecule has 0 aliphatic carbocycles. The van der Waals surface area contributed by atoms with Crippen LogP contribution in [0.3, 0.4) is 0 Å². The normalized spacial score (nSPS) is 10.1. The highest BCUT2D eigenvalue weighted by atomic mass is 32.2. The second kappa shape index (κ2) is 4.18. The maximum Gasteiger partial charge on any atom is 0.251 e. The lowest BCUT2D eigenvalue weighted by Crippen LogP contribution is -2.03. The molecule has 0 aliphatic rings. The van der Waals surface area contributed by atoms with Crippen molar-refractivity contribution >= 4 is 17.4 Å². The number of rotatable bonds is 2. The first-order valence-electron chi connectivity index (χ1n) is 4.32. The molecule has 15 heavy (non-hydrogen) atoms. The van der Waals surface area contributed by atoms with Gasteiger partial charge in [-0.15, -0.1) is 0 Å². The Balaban J connectivity index is 2.22. The predicted molar refractivity (Wildman–Crippen MR) is 59.8 cm³/mol. The molecule has 0 amide bonds. The lowest BCUT2D eigenvalue weighted by atomic mass is 10.3. The molecule has 0 unspecified atom stereocenters. The highest BCUT2D eigenvalue weighted by Crippen LogP contribution is 2.24. The third-order valence-corrected chi connectivity index (χ3v) is 2.70. The average Bonchev–Trinajstić information content (AvgIpc) is 2.22. The Morgan fingerprint density at radius 1 is 1.27 bits per heavy atom. The van der Waals surface area contributed by atoms with E-state index in [4.69, 9.17) is 5.73 Å². The van der Waals surface area contributed by atoms with Crippen molar-refractivity contribution in [2.45, 2.75) is 9.92 Å². The van der Waals surface area contributed by atoms with Gasteiger partial charge in [0, 0.05) is 16.6 Å². The van der Waals surface area contributed by atoms with Crippen molar-refractivity contribution in [3.8, 4) is 0 Å². The van der Waals surface area contributed by atoms with Crippen LogP contribution in [-0.4, -0.2) is 9.97 Å². The molecular weight excluding hydrogens is 210 g/mol. The molecule has 0 aliphatic heterocycles. The summed E-state index contributed by atoms with van der Waals surface area (Å²) in [5.74, 6) is 0. The van der Waals surface area contributed by atoms with Crippen LogP contribution >= 0.6 is 11.8 Å². The first-order valence-corrected chi connectivity index (χ1v) is 5.14. The molecule has 2 aromatic rings. The minimum atomic E-state index is -0.150. The molecular formula is C10H9N3OS. The molecule has 4 nitrogen and oxygen atoms in total. The van der Waals surface area contributed by atoms with E-state index in [1.165, 1.54) is 24.2 Å². The van der Waals surface area contributed by atoms with E-state index < -0.39 is 0 Å². The Hall–Kier alpha value is -1.75. The standard InChI is InChI=1S/C10H9N3OS/c11-7-1-3-8(4-2-7)15-10-5-9(14)12-6-13-10/h1-6H,11H2,(H,12,13,14). The van der Waals surface area contributed by atoms with E-state index in [9.17, 15) is 4.79 Å². The van der Waals surface area contributed by atoms with Crippen molar-refractivity contribution < 1.29 is 0 Å². The van der Waals surface area contributed by atoms with Gasteiger partial charge in [0.1, 0.15) is 5.03 Å². The first-order chi connectivity index (χ1) is 7.24. The molecule has 0 fully saturated rings. The Labute approximate surface area is 90.6 Å². The summed E-state index contributed by atoms with van der Waals surface area (Å²) in [5, 5.41) is 0.670. The van der Waals surface area contributed by atoms with Gasteiger partial charge < -0.3 is 10.7 Å². The lowest BCUT2D eigenvalue weighted by molar-refractivity contribution is 1.01. The third kappa shape index (κ3) is 2.60. The van der Waals surface area contributed by atoms with Crippen molar-refractivity contribution in [2.24, 2.45) is 0 Å². The number of hydrogen-bond donors (Lipinski definition) is 2. The van der Waals surface area contributed by atoms with E-state index in [1.54, 1.807) is 0 Å². The zero-order chi connectivity index (χ0) is 10.7. The number of anilines is 1. The highest BCUT2D eigenvalue weighted by Gasteiger charge is 1.98. The second-order valence-electron chi connectivity index (χ2n) is 2.92. The van der Waals surface area contributed by atoms with Gasteiger partial charge in [-0.25, -0.2) is 4.98 Å². The molecule has 76 valence electrons. The second-order valence-corrected chi connectivity index (χ2v) is 4.01. The monoisotopic (exact) mass is 219 g/mol. The molecule has 1 aromatic carbocycles. The van der Waals surface area contributed by atoms with Crippen LogP contribution in [0, 0.1) is 0 Å². The topological polar surface area (TPSA) is 71.8 Å². The highest BCUT2D eigenvalue weighted by molar-refractivity contribution is 7.99. The van der Waals surface area contributed by atoms with Crippen molar-refractivity contribution in [2.75, 3.05) is 5.73 Å². The van der Waals surface area contributed by atoms with E-state index in [1.807, 2.05) is 24.3 Å². The van der Waals surface area contributed by atoms with Crippen LogP contribution in [0.25, 0.3) is 0 Å². The van der Waals surface area contributed by atoms with E-state index in [2.05, 4.69) is 9.97 Å². The summed E-state index contributed by atoms with van der Waals surface area (Å²) < 4.78 is 0. The summed E-state index contributed by atoms with van der Waals surface area (Å²) in [6, 6.07) is 8.87. The van der Waals surface area contributed by atoms with Crippen LogP contribution in [0.4, 0.5) is 5.69 Å². The van der Waals surface area contributed by atoms with E-state index >= 15 is 0 Å². The molecule has 0 spiro atoms. The molecule has 5 heteroatoms. The zero-order valence-corrected chi connectivity index (χ0v) is 8.62. The number of H-pyrrole nitrogens is 1. The zero-order valence-electron chi connectivity index (χ0n) is 7.81. The molecule has 0 saturated carbocycles. The van der Waals surface area contributed by atoms with Gasteiger partial charge in [0.05, 0.1) is 6.33 Å². The van der Waals surface area contributed by atoms with E-state index in [-0.39, 0.29) is 5.56 Å². The molecule has 0 radical (unpaired) electrons. The van der Waals surface area contributed by atoms with Gasteiger partial charge >= 0.3 is 0 Å². The largest absolute Gasteiger partial charge is 0.399 e. The van der Waals surface area contributed by atoms with Gasteiger partial charge in [-0.2, -0.15) is 0 Å². The van der Waals surface area contributed by atoms with Crippen molar-refractivity contribution in [3.63, 3.8) is 0 Å². The van der Waals surface area contributed by atoms with Gasteiger partial charge in [0.15, 0.2) is 0 Å². The number of nitrogens with zero attached hydrogens (tertiary/aromatic N) is 1. The maximum absolute atomic E-state index is 11.0. The van der Waals surface area contributed by atoms with Gasteiger partial charge in [-0.1, -0.05) is 11.8 Å². The number of aromatic amines is 1. The van der Waals surface area contributed by atoms with E-state index in [0.717, 1.165) is 10.6 Å². The van der Waals surface area contributed by atoms with Crippen molar-refractivity contribution in [1.82, 2.24) is 9.97 Å². The van der Waals surface area contributed by atoms with Crippen LogP contribution in [0.5, 0.6) is 0 Å². The minimum Gasteiger partial charge on any atom is -0.399 e. The number of benzene rings is 1. The van der Waals surface area contributed by atoms with Crippen LogP contribution in [0.1, 0.15) is 0 Å². The third-order valence-electron chi connectivity index (χ3n) is 1.76. The maximum atomic E-state index is 11.0. The Morgan fingerprint density at radius 3 is 2.67 bits per heavy atom. The fraction of sp³-hybridized carbons (Fsp3) is 0. The number of hydrogen-bond acceptors (Lipinski definition) is 4. The minimum absolute atomic E-state index is 0.150. The van der Waals surface area contributed by atoms with Crippen molar-refractivity contribution in [3.05, 3.63) is 47.0 Å². The van der Waals surface area contributed by atoms with Crippen LogP contribution in [0.15, 0.2) is 51.4 Å². The number of nitrogens with two attached hydrogens (primary N) is 1. The van der Waals surface area contributed by atoms with Crippen LogP contribution < -0.4 is 11.3 Å². The Bertz CT molecular complexity index is 507. The van der Waals surface area contributed by atoms with Gasteiger partial charge in [0.2, 0.25) is 0 Å². The van der Waals surface area contributed by atoms with Crippen molar-refractivity contribution in [1.29, 1.82) is 0 Å². The van der Waals surface area contributed by atoms with Gasteiger partial charge in [-0.3, -0.25) is 4.79 Å². The average molecular weight is 219 g/mol. The first kappa shape index (κ1) is 9.79. The van der Waals surface area contributed by atoms with Gasteiger partial charge in [0.25, 0.3) is 5.56 Å². The Kier molecular flexibility index (Phi) is 2.73. The molecule has 0 bridgehead atoms. The summed E-state index contributed by atoms with van der Waals surface area (Å²) in [7, 11) is 0. The smallest absolute Gasteiger partial charge is 0.251 e. The quantitative estimate of drug-likeness (QED) is 0.593. The van der Waals surface area contributed by atoms with E-state index in [0.29, 0.717) is 5.03 Å². The molecule has 0 atom stereocenters. The lowest BCUT2D eigenvalue weighted by Gasteiger charge is -1.99. The summed E-state index contributed by atoms with van der Waals surface area (Å²) in [6.07, 6.45) is 1.39. The molecule has 3 N–H and O–H groups in total. The Morgan fingerprint density at radius 2 is 2.00 bits per heavy atom. The summed E-state index contributed by atoms with van der Waals surface area (Å²) in [4.78, 5) is 18.5. The summed E-state index contributed by atoms with van der Waals surface area (Å²) in [5.41, 5.74) is 6.13.